The first-order valence-corrected chi connectivity index (χ1v) is 9.84. The predicted molar refractivity (Wildman–Crippen MR) is 108 cm³/mol. The zero-order valence-electron chi connectivity index (χ0n) is 15.7. The summed E-state index contributed by atoms with van der Waals surface area (Å²) in [6.45, 7) is 4.10. The molecule has 2 aliphatic rings. The van der Waals surface area contributed by atoms with Gasteiger partial charge in [-0.25, -0.2) is 4.39 Å². The van der Waals surface area contributed by atoms with Crippen LogP contribution in [0.3, 0.4) is 0 Å². The topological polar surface area (TPSA) is 37.5 Å². The standard InChI is InChI=1S/C23H23FN2O2/c24-18-4-5-21-20(14-18)17(15-25-21)8-11-26-9-6-16(7-10-26)19-2-1-3-22-23(19)28-13-12-27-22/h1-6,14-15,25H,7-13H2. The van der Waals surface area contributed by atoms with E-state index in [0.717, 1.165) is 60.4 Å². The average molecular weight is 378 g/mol. The van der Waals surface area contributed by atoms with Crippen LogP contribution in [0.25, 0.3) is 16.5 Å². The van der Waals surface area contributed by atoms with E-state index in [4.69, 9.17) is 9.47 Å². The number of rotatable bonds is 4. The molecule has 0 unspecified atom stereocenters. The van der Waals surface area contributed by atoms with Gasteiger partial charge in [-0.2, -0.15) is 0 Å². The van der Waals surface area contributed by atoms with Crippen LogP contribution in [-0.4, -0.2) is 42.7 Å². The van der Waals surface area contributed by atoms with Gasteiger partial charge in [0.2, 0.25) is 0 Å². The Labute approximate surface area is 163 Å². The molecule has 0 spiro atoms. The summed E-state index contributed by atoms with van der Waals surface area (Å²) >= 11 is 0. The van der Waals surface area contributed by atoms with Crippen molar-refractivity contribution in [1.29, 1.82) is 0 Å². The molecule has 0 saturated carbocycles. The molecule has 2 aliphatic heterocycles. The van der Waals surface area contributed by atoms with Crippen molar-refractivity contribution in [3.8, 4) is 11.5 Å². The fourth-order valence-electron chi connectivity index (χ4n) is 4.12. The highest BCUT2D eigenvalue weighted by Crippen LogP contribution is 2.39. The Morgan fingerprint density at radius 2 is 2.04 bits per heavy atom. The Bertz CT molecular complexity index is 1040. The summed E-state index contributed by atoms with van der Waals surface area (Å²) < 4.78 is 25.1. The molecular formula is C23H23FN2O2. The van der Waals surface area contributed by atoms with Crippen LogP contribution in [0.4, 0.5) is 4.39 Å². The van der Waals surface area contributed by atoms with Gasteiger partial charge in [-0.1, -0.05) is 18.2 Å². The maximum atomic E-state index is 13.6. The van der Waals surface area contributed by atoms with Crippen molar-refractivity contribution in [3.05, 3.63) is 65.6 Å². The number of aromatic nitrogens is 1. The van der Waals surface area contributed by atoms with Crippen molar-refractivity contribution < 1.29 is 13.9 Å². The largest absolute Gasteiger partial charge is 0.486 e. The van der Waals surface area contributed by atoms with Gasteiger partial charge in [0, 0.05) is 42.3 Å². The number of halogens is 1. The second-order valence-electron chi connectivity index (χ2n) is 7.36. The van der Waals surface area contributed by atoms with Crippen LogP contribution < -0.4 is 9.47 Å². The van der Waals surface area contributed by atoms with Gasteiger partial charge in [0.1, 0.15) is 19.0 Å². The van der Waals surface area contributed by atoms with Crippen molar-refractivity contribution in [2.24, 2.45) is 0 Å². The molecule has 5 rings (SSSR count). The predicted octanol–water partition coefficient (Wildman–Crippen LogP) is 4.41. The zero-order valence-corrected chi connectivity index (χ0v) is 15.7. The second kappa shape index (κ2) is 7.32. The minimum Gasteiger partial charge on any atom is -0.486 e. The number of ether oxygens (including phenoxy) is 2. The van der Waals surface area contributed by atoms with E-state index in [-0.39, 0.29) is 5.82 Å². The number of nitrogens with one attached hydrogen (secondary N) is 1. The number of hydrogen-bond acceptors (Lipinski definition) is 3. The van der Waals surface area contributed by atoms with Gasteiger partial charge in [-0.3, -0.25) is 4.90 Å². The molecule has 1 aromatic heterocycles. The third kappa shape index (κ3) is 3.27. The highest BCUT2D eigenvalue weighted by atomic mass is 19.1. The van der Waals surface area contributed by atoms with Gasteiger partial charge < -0.3 is 14.5 Å². The second-order valence-corrected chi connectivity index (χ2v) is 7.36. The number of fused-ring (bicyclic) bond motifs is 2. The lowest BCUT2D eigenvalue weighted by atomic mass is 9.97. The Morgan fingerprint density at radius 1 is 1.11 bits per heavy atom. The lowest BCUT2D eigenvalue weighted by molar-refractivity contribution is 0.171. The van der Waals surface area contributed by atoms with Crippen LogP contribution in [0.5, 0.6) is 11.5 Å². The summed E-state index contributed by atoms with van der Waals surface area (Å²) in [6.07, 6.45) is 6.20. The van der Waals surface area contributed by atoms with E-state index in [1.54, 1.807) is 12.1 Å². The zero-order chi connectivity index (χ0) is 18.9. The van der Waals surface area contributed by atoms with Gasteiger partial charge in [0.15, 0.2) is 11.5 Å². The molecule has 0 bridgehead atoms. The molecule has 0 atom stereocenters. The van der Waals surface area contributed by atoms with Crippen molar-refractivity contribution >= 4 is 16.5 Å². The van der Waals surface area contributed by atoms with Crippen LogP contribution in [0, 0.1) is 5.82 Å². The molecule has 144 valence electrons. The average Bonchev–Trinajstić information content (AvgIpc) is 3.14. The quantitative estimate of drug-likeness (QED) is 0.731. The molecule has 5 heteroatoms. The number of hydrogen-bond donors (Lipinski definition) is 1. The first-order chi connectivity index (χ1) is 13.8. The molecule has 4 nitrogen and oxygen atoms in total. The van der Waals surface area contributed by atoms with Gasteiger partial charge in [0.05, 0.1) is 0 Å². The molecule has 0 amide bonds. The van der Waals surface area contributed by atoms with Gasteiger partial charge in [-0.15, -0.1) is 0 Å². The van der Waals surface area contributed by atoms with E-state index in [1.165, 1.54) is 17.2 Å². The molecular weight excluding hydrogens is 355 g/mol. The van der Waals surface area contributed by atoms with Gasteiger partial charge in [-0.05, 0) is 48.2 Å². The number of benzene rings is 2. The van der Waals surface area contributed by atoms with E-state index in [1.807, 2.05) is 18.3 Å². The number of H-pyrrole nitrogens is 1. The molecule has 0 aliphatic carbocycles. The summed E-state index contributed by atoms with van der Waals surface area (Å²) in [4.78, 5) is 5.68. The number of aromatic amines is 1. The summed E-state index contributed by atoms with van der Waals surface area (Å²) in [6, 6.07) is 11.0. The Morgan fingerprint density at radius 3 is 2.93 bits per heavy atom. The first kappa shape index (κ1) is 17.3. The van der Waals surface area contributed by atoms with Crippen LogP contribution >= 0.6 is 0 Å². The minimum absolute atomic E-state index is 0.184. The maximum Gasteiger partial charge on any atom is 0.168 e. The molecule has 1 N–H and O–H groups in total. The third-order valence-corrected chi connectivity index (χ3v) is 5.63. The first-order valence-electron chi connectivity index (χ1n) is 9.84. The molecule has 3 aromatic rings. The van der Waals surface area contributed by atoms with Crippen molar-refractivity contribution in [1.82, 2.24) is 9.88 Å². The lowest BCUT2D eigenvalue weighted by Gasteiger charge is -2.28. The van der Waals surface area contributed by atoms with Crippen molar-refractivity contribution in [3.63, 3.8) is 0 Å². The molecule has 0 saturated heterocycles. The number of nitrogens with zero attached hydrogens (tertiary/aromatic N) is 1. The van der Waals surface area contributed by atoms with Crippen molar-refractivity contribution in [2.75, 3.05) is 32.8 Å². The fraction of sp³-hybridized carbons (Fsp3) is 0.304. The van der Waals surface area contributed by atoms with Crippen molar-refractivity contribution in [2.45, 2.75) is 12.8 Å². The SMILES string of the molecule is Fc1ccc2[nH]cc(CCN3CC=C(c4cccc5c4OCCO5)CC3)c2c1. The maximum absolute atomic E-state index is 13.6. The highest BCUT2D eigenvalue weighted by Gasteiger charge is 2.20. The Hall–Kier alpha value is -2.79. The Balaban J connectivity index is 1.27. The van der Waals surface area contributed by atoms with E-state index < -0.39 is 0 Å². The van der Waals surface area contributed by atoms with Crippen LogP contribution in [-0.2, 0) is 6.42 Å². The monoisotopic (exact) mass is 378 g/mol. The molecule has 2 aromatic carbocycles. The van der Waals surface area contributed by atoms with Crippen LogP contribution in [0.1, 0.15) is 17.5 Å². The van der Waals surface area contributed by atoms with E-state index in [0.29, 0.717) is 13.2 Å². The number of para-hydroxylation sites is 1. The summed E-state index contributed by atoms with van der Waals surface area (Å²) in [5, 5.41) is 0.987. The minimum atomic E-state index is -0.184. The third-order valence-electron chi connectivity index (χ3n) is 5.63. The molecule has 3 heterocycles. The normalized spacial score (nSPS) is 17.0. The van der Waals surface area contributed by atoms with E-state index in [2.05, 4.69) is 22.0 Å². The van der Waals surface area contributed by atoms with Gasteiger partial charge in [0.25, 0.3) is 0 Å². The Kier molecular flexibility index (Phi) is 4.53. The highest BCUT2D eigenvalue weighted by molar-refractivity contribution is 5.83. The fourth-order valence-corrected chi connectivity index (χ4v) is 4.12. The molecule has 0 fully saturated rings. The van der Waals surface area contributed by atoms with E-state index in [9.17, 15) is 4.39 Å². The van der Waals surface area contributed by atoms with E-state index >= 15 is 0 Å². The lowest BCUT2D eigenvalue weighted by Crippen LogP contribution is -2.30. The summed E-state index contributed by atoms with van der Waals surface area (Å²) in [5.41, 5.74) is 4.65. The molecule has 0 radical (unpaired) electrons. The molecule has 28 heavy (non-hydrogen) atoms. The summed E-state index contributed by atoms with van der Waals surface area (Å²) in [7, 11) is 0. The van der Waals surface area contributed by atoms with Gasteiger partial charge >= 0.3 is 0 Å². The summed E-state index contributed by atoms with van der Waals surface area (Å²) in [5.74, 6) is 1.55. The van der Waals surface area contributed by atoms with Crippen LogP contribution in [0.2, 0.25) is 0 Å². The smallest absolute Gasteiger partial charge is 0.168 e. The van der Waals surface area contributed by atoms with Crippen LogP contribution in [0.15, 0.2) is 48.7 Å².